The van der Waals surface area contributed by atoms with Gasteiger partial charge in [0.25, 0.3) is 0 Å². The third kappa shape index (κ3) is 5.42. The summed E-state index contributed by atoms with van der Waals surface area (Å²) >= 11 is 0. The molecule has 3 atom stereocenters. The van der Waals surface area contributed by atoms with Gasteiger partial charge in [0.15, 0.2) is 0 Å². The number of aromatic nitrogens is 2. The van der Waals surface area contributed by atoms with Crippen molar-refractivity contribution in [2.24, 2.45) is 17.6 Å². The number of benzene rings is 1. The van der Waals surface area contributed by atoms with Crippen molar-refractivity contribution in [3.63, 3.8) is 0 Å². The first-order valence-corrected chi connectivity index (χ1v) is 13.3. The lowest BCUT2D eigenvalue weighted by Gasteiger charge is -2.23. The molecule has 1 aliphatic carbocycles. The van der Waals surface area contributed by atoms with E-state index in [2.05, 4.69) is 21.8 Å². The standard InChI is InChI=1S/C25H33N5O3S/c1-17-11-20(17)16-29(3)22-12-19(13-23(28-22)30(4)34(5,31)32)24-27-15-21(33-24)25(2,26)14-18-9-7-6-8-10-18/h6-10,12-13,15,17,20H,11,14,16,26H2,1-5H3/t17?,20?,25-/m1/s1. The predicted octanol–water partition coefficient (Wildman–Crippen LogP) is 3.64. The molecular formula is C25H33N5O3S. The summed E-state index contributed by atoms with van der Waals surface area (Å²) in [6.07, 6.45) is 4.59. The molecule has 1 aliphatic rings. The summed E-state index contributed by atoms with van der Waals surface area (Å²) in [5.41, 5.74) is 7.60. The van der Waals surface area contributed by atoms with E-state index in [-0.39, 0.29) is 0 Å². The van der Waals surface area contributed by atoms with Crippen LogP contribution in [0.25, 0.3) is 11.5 Å². The molecule has 0 amide bonds. The van der Waals surface area contributed by atoms with E-state index in [1.165, 1.54) is 17.8 Å². The third-order valence-corrected chi connectivity index (χ3v) is 7.71. The average Bonchev–Trinajstić information content (AvgIpc) is 3.25. The predicted molar refractivity (Wildman–Crippen MR) is 135 cm³/mol. The molecule has 0 bridgehead atoms. The van der Waals surface area contributed by atoms with Crippen molar-refractivity contribution in [3.8, 4) is 11.5 Å². The van der Waals surface area contributed by atoms with Gasteiger partial charge in [-0.2, -0.15) is 0 Å². The maximum absolute atomic E-state index is 12.2. The molecule has 34 heavy (non-hydrogen) atoms. The van der Waals surface area contributed by atoms with Gasteiger partial charge in [0, 0.05) is 26.2 Å². The van der Waals surface area contributed by atoms with Gasteiger partial charge in [-0.3, -0.25) is 4.31 Å². The maximum atomic E-state index is 12.2. The molecule has 3 aromatic rings. The molecular weight excluding hydrogens is 450 g/mol. The van der Waals surface area contributed by atoms with Gasteiger partial charge in [-0.25, -0.2) is 18.4 Å². The zero-order valence-corrected chi connectivity index (χ0v) is 21.2. The second kappa shape index (κ2) is 9.03. The van der Waals surface area contributed by atoms with Gasteiger partial charge in [0.05, 0.1) is 18.0 Å². The van der Waals surface area contributed by atoms with Crippen LogP contribution in [-0.2, 0) is 22.0 Å². The van der Waals surface area contributed by atoms with Crippen molar-refractivity contribution >= 4 is 21.7 Å². The fourth-order valence-corrected chi connectivity index (χ4v) is 4.46. The number of nitrogens with two attached hydrogens (primary N) is 1. The fourth-order valence-electron chi connectivity index (χ4n) is 4.03. The molecule has 2 heterocycles. The lowest BCUT2D eigenvalue weighted by Crippen LogP contribution is -2.35. The van der Waals surface area contributed by atoms with Crippen molar-refractivity contribution in [1.29, 1.82) is 0 Å². The van der Waals surface area contributed by atoms with Crippen LogP contribution in [-0.4, -0.2) is 45.3 Å². The van der Waals surface area contributed by atoms with Crippen LogP contribution in [0.4, 0.5) is 11.6 Å². The van der Waals surface area contributed by atoms with E-state index in [9.17, 15) is 8.42 Å². The second-order valence-corrected chi connectivity index (χ2v) is 11.8. The lowest BCUT2D eigenvalue weighted by molar-refractivity contribution is 0.371. The van der Waals surface area contributed by atoms with E-state index in [0.717, 1.165) is 18.4 Å². The summed E-state index contributed by atoms with van der Waals surface area (Å²) in [5, 5.41) is 0. The first-order chi connectivity index (χ1) is 15.9. The van der Waals surface area contributed by atoms with Crippen molar-refractivity contribution in [3.05, 3.63) is 60.0 Å². The zero-order chi connectivity index (χ0) is 24.7. The maximum Gasteiger partial charge on any atom is 0.233 e. The highest BCUT2D eigenvalue weighted by atomic mass is 32.2. The van der Waals surface area contributed by atoms with Gasteiger partial charge in [0.2, 0.25) is 15.9 Å². The molecule has 2 aromatic heterocycles. The molecule has 1 saturated carbocycles. The van der Waals surface area contributed by atoms with Crippen molar-refractivity contribution < 1.29 is 12.8 Å². The Bertz CT molecular complexity index is 1260. The summed E-state index contributed by atoms with van der Waals surface area (Å²) in [7, 11) is -0.0246. The van der Waals surface area contributed by atoms with Crippen LogP contribution in [0.1, 0.15) is 31.6 Å². The Hall–Kier alpha value is -2.91. The number of hydrogen-bond acceptors (Lipinski definition) is 7. The summed E-state index contributed by atoms with van der Waals surface area (Å²) in [6, 6.07) is 13.6. The molecule has 2 unspecified atom stereocenters. The molecule has 4 rings (SSSR count). The van der Waals surface area contributed by atoms with Crippen LogP contribution >= 0.6 is 0 Å². The smallest absolute Gasteiger partial charge is 0.233 e. The summed E-state index contributed by atoms with van der Waals surface area (Å²) in [5.74, 6) is 3.23. The largest absolute Gasteiger partial charge is 0.439 e. The van der Waals surface area contributed by atoms with Crippen LogP contribution in [0.5, 0.6) is 0 Å². The van der Waals surface area contributed by atoms with Crippen molar-refractivity contribution in [2.75, 3.05) is 36.1 Å². The van der Waals surface area contributed by atoms with Gasteiger partial charge in [0.1, 0.15) is 17.4 Å². The Balaban J connectivity index is 1.67. The Kier molecular flexibility index (Phi) is 6.44. The van der Waals surface area contributed by atoms with Gasteiger partial charge < -0.3 is 15.1 Å². The van der Waals surface area contributed by atoms with Crippen LogP contribution < -0.4 is 14.9 Å². The first kappa shape index (κ1) is 24.2. The molecule has 0 radical (unpaired) electrons. The minimum atomic E-state index is -3.49. The van der Waals surface area contributed by atoms with Crippen LogP contribution in [0.2, 0.25) is 0 Å². The van der Waals surface area contributed by atoms with Crippen LogP contribution in [0.3, 0.4) is 0 Å². The number of sulfonamides is 1. The molecule has 1 aromatic carbocycles. The van der Waals surface area contributed by atoms with Gasteiger partial charge in [-0.15, -0.1) is 0 Å². The third-order valence-electron chi connectivity index (χ3n) is 6.52. The number of oxazole rings is 1. The van der Waals surface area contributed by atoms with E-state index in [1.807, 2.05) is 50.4 Å². The van der Waals surface area contributed by atoms with E-state index in [4.69, 9.17) is 10.2 Å². The zero-order valence-electron chi connectivity index (χ0n) is 20.4. The SMILES string of the molecule is CC1CC1CN(C)c1cc(-c2ncc([C@](C)(N)Cc3ccccc3)o2)cc(N(C)S(C)(=O)=O)n1. The van der Waals surface area contributed by atoms with Crippen molar-refractivity contribution in [1.82, 2.24) is 9.97 Å². The molecule has 8 nitrogen and oxygen atoms in total. The molecule has 2 N–H and O–H groups in total. The first-order valence-electron chi connectivity index (χ1n) is 11.4. The summed E-state index contributed by atoms with van der Waals surface area (Å²) in [6.45, 7) is 5.00. The average molecular weight is 484 g/mol. The molecule has 1 fully saturated rings. The minimum absolute atomic E-state index is 0.310. The normalized spacial score (nSPS) is 19.5. The Labute approximate surface area is 201 Å². The van der Waals surface area contributed by atoms with Crippen LogP contribution in [0, 0.1) is 11.8 Å². The molecule has 0 spiro atoms. The Morgan fingerprint density at radius 1 is 1.18 bits per heavy atom. The number of hydrogen-bond donors (Lipinski definition) is 1. The molecule has 0 aliphatic heterocycles. The lowest BCUT2D eigenvalue weighted by atomic mass is 9.92. The fraction of sp³-hybridized carbons (Fsp3) is 0.440. The van der Waals surface area contributed by atoms with E-state index in [1.54, 1.807) is 12.3 Å². The monoisotopic (exact) mass is 483 g/mol. The summed E-state index contributed by atoms with van der Waals surface area (Å²) in [4.78, 5) is 11.2. The van der Waals surface area contributed by atoms with E-state index < -0.39 is 15.6 Å². The highest BCUT2D eigenvalue weighted by molar-refractivity contribution is 7.92. The highest BCUT2D eigenvalue weighted by Gasteiger charge is 2.34. The number of anilines is 2. The minimum Gasteiger partial charge on any atom is -0.439 e. The number of pyridine rings is 1. The molecule has 182 valence electrons. The topological polar surface area (TPSA) is 106 Å². The highest BCUT2D eigenvalue weighted by Crippen LogP contribution is 2.39. The quantitative estimate of drug-likeness (QED) is 0.495. The van der Waals surface area contributed by atoms with Crippen LogP contribution in [0.15, 0.2) is 53.1 Å². The second-order valence-electron chi connectivity index (χ2n) is 9.77. The van der Waals surface area contributed by atoms with E-state index >= 15 is 0 Å². The summed E-state index contributed by atoms with van der Waals surface area (Å²) < 4.78 is 31.7. The Morgan fingerprint density at radius 2 is 1.82 bits per heavy atom. The van der Waals surface area contributed by atoms with E-state index in [0.29, 0.717) is 47.1 Å². The number of nitrogens with zero attached hydrogens (tertiary/aromatic N) is 4. The van der Waals surface area contributed by atoms with Crippen molar-refractivity contribution in [2.45, 2.75) is 32.2 Å². The number of rotatable bonds is 9. The molecule has 9 heteroatoms. The Morgan fingerprint density at radius 3 is 2.44 bits per heavy atom. The van der Waals surface area contributed by atoms with Gasteiger partial charge >= 0.3 is 0 Å². The van der Waals surface area contributed by atoms with Gasteiger partial charge in [-0.05, 0) is 49.3 Å². The van der Waals surface area contributed by atoms with Gasteiger partial charge in [-0.1, -0.05) is 37.3 Å². The molecule has 0 saturated heterocycles.